The summed E-state index contributed by atoms with van der Waals surface area (Å²) in [4.78, 5) is 2.36. The Balaban J connectivity index is 1.38. The zero-order chi connectivity index (χ0) is 14.9. The molecule has 0 spiro atoms. The molecule has 2 aliphatic rings. The summed E-state index contributed by atoms with van der Waals surface area (Å²) < 4.78 is 4.21. The van der Waals surface area contributed by atoms with Crippen molar-refractivity contribution >= 4 is 0 Å². The van der Waals surface area contributed by atoms with Crippen LogP contribution in [0, 0.1) is 11.3 Å². The number of hydrogen-bond acceptors (Lipinski definition) is 5. The molecule has 0 atom stereocenters. The Morgan fingerprint density at radius 3 is 2.95 bits per heavy atom. The number of nitrogens with zero attached hydrogens (tertiary/aromatic N) is 7. The second-order valence-electron chi connectivity index (χ2n) is 6.16. The van der Waals surface area contributed by atoms with E-state index in [2.05, 4.69) is 30.8 Å². The second-order valence-corrected chi connectivity index (χ2v) is 6.16. The molecule has 114 valence electrons. The third-order valence-corrected chi connectivity index (χ3v) is 4.59. The molecule has 2 aromatic rings. The Hall–Kier alpha value is -2.20. The fraction of sp³-hybridized carbons (Fsp3) is 0.600. The molecule has 7 heteroatoms. The van der Waals surface area contributed by atoms with Crippen LogP contribution in [0.2, 0.25) is 0 Å². The second kappa shape index (κ2) is 5.54. The highest BCUT2D eigenvalue weighted by Gasteiger charge is 2.30. The van der Waals surface area contributed by atoms with Crippen LogP contribution in [0.15, 0.2) is 12.4 Å². The molecule has 0 N–H and O–H groups in total. The van der Waals surface area contributed by atoms with Crippen LogP contribution in [-0.2, 0) is 19.5 Å². The first-order valence-electron chi connectivity index (χ1n) is 7.91. The number of rotatable bonds is 3. The van der Waals surface area contributed by atoms with Crippen LogP contribution in [0.5, 0.6) is 0 Å². The fourth-order valence-corrected chi connectivity index (χ4v) is 3.30. The largest absolute Gasteiger partial charge is 0.314 e. The molecule has 0 saturated carbocycles. The van der Waals surface area contributed by atoms with Gasteiger partial charge < -0.3 is 4.57 Å². The minimum atomic E-state index is 0.369. The standard InChI is InChI=1S/C15H19N7/c16-6-12-7-17-22(8-12)13-9-20(10-13)11-15-19-18-14-4-2-1-3-5-21(14)15/h7-8,13H,1-5,9-11H2. The summed E-state index contributed by atoms with van der Waals surface area (Å²) in [7, 11) is 0. The summed E-state index contributed by atoms with van der Waals surface area (Å²) in [6.07, 6.45) is 8.25. The Labute approximate surface area is 129 Å². The van der Waals surface area contributed by atoms with Crippen molar-refractivity contribution < 1.29 is 0 Å². The lowest BCUT2D eigenvalue weighted by atomic mass is 10.1. The maximum Gasteiger partial charge on any atom is 0.147 e. The first kappa shape index (κ1) is 13.5. The predicted octanol–water partition coefficient (Wildman–Crippen LogP) is 1.13. The first-order valence-corrected chi connectivity index (χ1v) is 7.91. The van der Waals surface area contributed by atoms with Gasteiger partial charge in [0.2, 0.25) is 0 Å². The fourth-order valence-electron chi connectivity index (χ4n) is 3.30. The molecular formula is C15H19N7. The summed E-state index contributed by atoms with van der Waals surface area (Å²) in [6.45, 7) is 3.82. The number of fused-ring (bicyclic) bond motifs is 1. The summed E-state index contributed by atoms with van der Waals surface area (Å²) in [6, 6.07) is 2.49. The van der Waals surface area contributed by atoms with E-state index in [0.29, 0.717) is 11.6 Å². The number of nitriles is 1. The van der Waals surface area contributed by atoms with Crippen LogP contribution in [0.1, 0.15) is 42.5 Å². The van der Waals surface area contributed by atoms with Gasteiger partial charge in [-0.15, -0.1) is 10.2 Å². The molecule has 1 fully saturated rings. The molecule has 4 heterocycles. The van der Waals surface area contributed by atoms with E-state index in [4.69, 9.17) is 5.26 Å². The van der Waals surface area contributed by atoms with E-state index in [9.17, 15) is 0 Å². The molecule has 0 aromatic carbocycles. The van der Waals surface area contributed by atoms with E-state index >= 15 is 0 Å². The molecule has 22 heavy (non-hydrogen) atoms. The lowest BCUT2D eigenvalue weighted by Crippen LogP contribution is -2.47. The van der Waals surface area contributed by atoms with Crippen molar-refractivity contribution in [2.45, 2.75) is 44.8 Å². The van der Waals surface area contributed by atoms with E-state index in [0.717, 1.165) is 44.2 Å². The quantitative estimate of drug-likeness (QED) is 0.849. The first-order chi connectivity index (χ1) is 10.8. The van der Waals surface area contributed by atoms with Crippen LogP contribution in [-0.4, -0.2) is 42.5 Å². The maximum absolute atomic E-state index is 8.85. The SMILES string of the molecule is N#Cc1cnn(C2CN(Cc3nnc4n3CCCCC4)C2)c1. The average molecular weight is 297 g/mol. The Kier molecular flexibility index (Phi) is 3.39. The van der Waals surface area contributed by atoms with Crippen LogP contribution < -0.4 is 0 Å². The number of aryl methyl sites for hydroxylation is 1. The van der Waals surface area contributed by atoms with Gasteiger partial charge >= 0.3 is 0 Å². The zero-order valence-electron chi connectivity index (χ0n) is 12.5. The van der Waals surface area contributed by atoms with E-state index in [1.165, 1.54) is 19.3 Å². The van der Waals surface area contributed by atoms with Crippen molar-refractivity contribution in [3.63, 3.8) is 0 Å². The predicted molar refractivity (Wildman–Crippen MR) is 78.8 cm³/mol. The minimum Gasteiger partial charge on any atom is -0.314 e. The minimum absolute atomic E-state index is 0.369. The van der Waals surface area contributed by atoms with Gasteiger partial charge in [-0.3, -0.25) is 9.58 Å². The van der Waals surface area contributed by atoms with Crippen molar-refractivity contribution in [3.8, 4) is 6.07 Å². The molecule has 0 amide bonds. The van der Waals surface area contributed by atoms with Crippen LogP contribution >= 0.6 is 0 Å². The Morgan fingerprint density at radius 1 is 1.23 bits per heavy atom. The zero-order valence-corrected chi connectivity index (χ0v) is 12.5. The number of hydrogen-bond donors (Lipinski definition) is 0. The van der Waals surface area contributed by atoms with Crippen molar-refractivity contribution in [3.05, 3.63) is 29.6 Å². The molecule has 0 radical (unpaired) electrons. The highest BCUT2D eigenvalue weighted by molar-refractivity contribution is 5.22. The monoisotopic (exact) mass is 297 g/mol. The molecule has 2 aliphatic heterocycles. The van der Waals surface area contributed by atoms with Crippen LogP contribution in [0.4, 0.5) is 0 Å². The van der Waals surface area contributed by atoms with Gasteiger partial charge in [0.1, 0.15) is 17.7 Å². The number of likely N-dealkylation sites (tertiary alicyclic amines) is 1. The van der Waals surface area contributed by atoms with Crippen molar-refractivity contribution in [2.24, 2.45) is 0 Å². The average Bonchev–Trinajstić information content (AvgIpc) is 3.03. The molecule has 7 nitrogen and oxygen atoms in total. The lowest BCUT2D eigenvalue weighted by Gasteiger charge is -2.38. The van der Waals surface area contributed by atoms with Gasteiger partial charge in [0.25, 0.3) is 0 Å². The third-order valence-electron chi connectivity index (χ3n) is 4.59. The molecule has 0 unspecified atom stereocenters. The van der Waals surface area contributed by atoms with Crippen molar-refractivity contribution in [2.75, 3.05) is 13.1 Å². The van der Waals surface area contributed by atoms with E-state index < -0.39 is 0 Å². The van der Waals surface area contributed by atoms with Gasteiger partial charge in [-0.2, -0.15) is 10.4 Å². The summed E-state index contributed by atoms with van der Waals surface area (Å²) in [5, 5.41) is 21.8. The Bertz CT molecular complexity index is 702. The van der Waals surface area contributed by atoms with E-state index in [-0.39, 0.29) is 0 Å². The highest BCUT2D eigenvalue weighted by atomic mass is 15.4. The normalized spacial score (nSPS) is 19.2. The maximum atomic E-state index is 8.85. The Morgan fingerprint density at radius 2 is 2.14 bits per heavy atom. The summed E-state index contributed by atoms with van der Waals surface area (Å²) in [5.74, 6) is 2.24. The molecule has 0 aliphatic carbocycles. The van der Waals surface area contributed by atoms with Gasteiger partial charge in [0.05, 0.1) is 24.3 Å². The van der Waals surface area contributed by atoms with Crippen molar-refractivity contribution in [1.29, 1.82) is 5.26 Å². The van der Waals surface area contributed by atoms with Crippen molar-refractivity contribution in [1.82, 2.24) is 29.4 Å². The van der Waals surface area contributed by atoms with E-state index in [1.807, 2.05) is 10.9 Å². The van der Waals surface area contributed by atoms with E-state index in [1.54, 1.807) is 6.20 Å². The summed E-state index contributed by atoms with van der Waals surface area (Å²) >= 11 is 0. The third kappa shape index (κ3) is 2.40. The molecular weight excluding hydrogens is 278 g/mol. The highest BCUT2D eigenvalue weighted by Crippen LogP contribution is 2.23. The molecule has 1 saturated heterocycles. The number of aromatic nitrogens is 5. The molecule has 2 aromatic heterocycles. The van der Waals surface area contributed by atoms with Gasteiger partial charge in [-0.25, -0.2) is 0 Å². The summed E-state index contributed by atoms with van der Waals surface area (Å²) in [5.41, 5.74) is 0.626. The van der Waals surface area contributed by atoms with Crippen LogP contribution in [0.25, 0.3) is 0 Å². The van der Waals surface area contributed by atoms with Gasteiger partial charge in [0.15, 0.2) is 0 Å². The van der Waals surface area contributed by atoms with Gasteiger partial charge in [-0.05, 0) is 12.8 Å². The lowest BCUT2D eigenvalue weighted by molar-refractivity contribution is 0.0866. The van der Waals surface area contributed by atoms with Crippen LogP contribution in [0.3, 0.4) is 0 Å². The smallest absolute Gasteiger partial charge is 0.147 e. The van der Waals surface area contributed by atoms with Gasteiger partial charge in [-0.1, -0.05) is 6.42 Å². The molecule has 0 bridgehead atoms. The topological polar surface area (TPSA) is 75.6 Å². The van der Waals surface area contributed by atoms with Gasteiger partial charge in [0, 0.05) is 32.3 Å². The molecule has 4 rings (SSSR count).